The molecule has 0 amide bonds. The first-order chi connectivity index (χ1) is 15.1. The predicted molar refractivity (Wildman–Crippen MR) is 118 cm³/mol. The van der Waals surface area contributed by atoms with Gasteiger partial charge in [-0.2, -0.15) is 4.31 Å². The zero-order valence-corrected chi connectivity index (χ0v) is 18.3. The third-order valence-electron chi connectivity index (χ3n) is 6.53. The van der Waals surface area contributed by atoms with E-state index in [2.05, 4.69) is 20.9 Å². The average Bonchev–Trinajstić information content (AvgIpc) is 2.79. The molecular weight excluding hydrogens is 412 g/mol. The molecule has 1 aromatic carbocycles. The van der Waals surface area contributed by atoms with E-state index in [1.54, 1.807) is 35.9 Å². The summed E-state index contributed by atoms with van der Waals surface area (Å²) >= 11 is 0. The number of hydrogen-bond donors (Lipinski definition) is 0. The summed E-state index contributed by atoms with van der Waals surface area (Å²) in [6, 6.07) is 13.6. The van der Waals surface area contributed by atoms with E-state index in [-0.39, 0.29) is 12.1 Å². The zero-order valence-electron chi connectivity index (χ0n) is 17.5. The molecule has 0 saturated carbocycles. The van der Waals surface area contributed by atoms with Crippen molar-refractivity contribution in [3.63, 3.8) is 0 Å². The number of rotatable bonds is 5. The Hall–Kier alpha value is -2.39. The molecule has 2 saturated heterocycles. The molecule has 162 valence electrons. The van der Waals surface area contributed by atoms with Crippen LogP contribution in [0.1, 0.15) is 24.4 Å². The summed E-state index contributed by atoms with van der Waals surface area (Å²) in [5.41, 5.74) is 1.69. The molecule has 0 spiro atoms. The van der Waals surface area contributed by atoms with Gasteiger partial charge in [-0.25, -0.2) is 8.42 Å². The Morgan fingerprint density at radius 1 is 1.03 bits per heavy atom. The fourth-order valence-electron chi connectivity index (χ4n) is 4.87. The van der Waals surface area contributed by atoms with Crippen LogP contribution in [0.15, 0.2) is 66.0 Å². The van der Waals surface area contributed by atoms with Gasteiger partial charge in [-0.15, -0.1) is 0 Å². The van der Waals surface area contributed by atoms with E-state index in [0.717, 1.165) is 30.3 Å². The highest BCUT2D eigenvalue weighted by molar-refractivity contribution is 7.89. The van der Waals surface area contributed by atoms with Gasteiger partial charge in [0.1, 0.15) is 4.90 Å². The smallest absolute Gasteiger partial charge is 0.245 e. The quantitative estimate of drug-likeness (QED) is 0.610. The molecule has 0 aliphatic carbocycles. The number of benzene rings is 1. The Bertz CT molecular complexity index is 1160. The number of fused-ring (bicyclic) bond motifs is 1. The molecule has 0 unspecified atom stereocenters. The van der Waals surface area contributed by atoms with Crippen LogP contribution in [0.3, 0.4) is 0 Å². The van der Waals surface area contributed by atoms with Crippen LogP contribution in [0.2, 0.25) is 0 Å². The van der Waals surface area contributed by atoms with E-state index in [1.165, 1.54) is 0 Å². The number of piperidine rings is 1. The van der Waals surface area contributed by atoms with Crippen LogP contribution in [0.25, 0.3) is 10.9 Å². The minimum absolute atomic E-state index is 0.146. The van der Waals surface area contributed by atoms with E-state index < -0.39 is 10.0 Å². The molecule has 2 fully saturated rings. The van der Waals surface area contributed by atoms with Crippen molar-refractivity contribution in [3.8, 4) is 0 Å². The van der Waals surface area contributed by atoms with Gasteiger partial charge in [0.05, 0.1) is 17.7 Å². The van der Waals surface area contributed by atoms with Crippen LogP contribution in [-0.4, -0.2) is 66.5 Å². The largest absolute Gasteiger partial charge is 0.378 e. The molecule has 4 heterocycles. The molecule has 0 bridgehead atoms. The Balaban J connectivity index is 1.32. The fraction of sp³-hybridized carbons (Fsp3) is 0.391. The number of para-hydroxylation sites is 1. The Labute approximate surface area is 182 Å². The number of ether oxygens (including phenoxy) is 1. The topological polar surface area (TPSA) is 75.6 Å². The Morgan fingerprint density at radius 2 is 1.81 bits per heavy atom. The minimum atomic E-state index is -3.59. The molecule has 8 heteroatoms. The summed E-state index contributed by atoms with van der Waals surface area (Å²) in [7, 11) is -1.84. The highest BCUT2D eigenvalue weighted by Gasteiger charge is 2.45. The number of pyridine rings is 2. The van der Waals surface area contributed by atoms with Crippen molar-refractivity contribution in [3.05, 3.63) is 66.6 Å². The number of methoxy groups -OCH3 is 1. The number of nitrogens with zero attached hydrogens (tertiary/aromatic N) is 4. The normalized spacial score (nSPS) is 23.6. The lowest BCUT2D eigenvalue weighted by atomic mass is 9.88. The van der Waals surface area contributed by atoms with Gasteiger partial charge in [-0.1, -0.05) is 24.3 Å². The van der Waals surface area contributed by atoms with Crippen LogP contribution in [0, 0.1) is 0 Å². The van der Waals surface area contributed by atoms with Crippen LogP contribution in [0.5, 0.6) is 0 Å². The third-order valence-corrected chi connectivity index (χ3v) is 8.47. The molecule has 2 aliphatic heterocycles. The Morgan fingerprint density at radius 3 is 2.55 bits per heavy atom. The number of sulfonamides is 1. The second kappa shape index (κ2) is 8.27. The molecule has 2 aromatic heterocycles. The first-order valence-corrected chi connectivity index (χ1v) is 12.1. The molecule has 7 nitrogen and oxygen atoms in total. The standard InChI is InChI=1S/C23H26N4O3S/c1-30-20-16-27(23(20)18-7-3-11-24-15-18)19-9-13-26(14-10-19)31(28,29)21-8-2-5-17-6-4-12-25-22(17)21/h2-8,11-12,15,19-20,23H,9-10,13-14,16H2,1H3/t20-,23-/m0/s1. The molecule has 2 aliphatic rings. The fourth-order valence-corrected chi connectivity index (χ4v) is 6.51. The highest BCUT2D eigenvalue weighted by Crippen LogP contribution is 2.39. The average molecular weight is 439 g/mol. The molecule has 31 heavy (non-hydrogen) atoms. The highest BCUT2D eigenvalue weighted by atomic mass is 32.2. The van der Waals surface area contributed by atoms with Crippen molar-refractivity contribution in [1.29, 1.82) is 0 Å². The molecule has 2 atom stereocenters. The molecule has 3 aromatic rings. The zero-order chi connectivity index (χ0) is 21.4. The Kier molecular flexibility index (Phi) is 5.47. The van der Waals surface area contributed by atoms with Crippen LogP contribution in [-0.2, 0) is 14.8 Å². The van der Waals surface area contributed by atoms with Gasteiger partial charge in [0.25, 0.3) is 0 Å². The van der Waals surface area contributed by atoms with E-state index in [0.29, 0.717) is 29.5 Å². The van der Waals surface area contributed by atoms with Crippen molar-refractivity contribution >= 4 is 20.9 Å². The van der Waals surface area contributed by atoms with Gasteiger partial charge in [0.2, 0.25) is 10.0 Å². The second-order valence-electron chi connectivity index (χ2n) is 8.17. The minimum Gasteiger partial charge on any atom is -0.378 e. The predicted octanol–water partition coefficient (Wildman–Crippen LogP) is 2.85. The molecule has 5 rings (SSSR count). The van der Waals surface area contributed by atoms with Gasteiger partial charge in [-0.3, -0.25) is 14.9 Å². The summed E-state index contributed by atoms with van der Waals surface area (Å²) < 4.78 is 34.1. The van der Waals surface area contributed by atoms with Crippen molar-refractivity contribution < 1.29 is 13.2 Å². The maximum absolute atomic E-state index is 13.4. The number of likely N-dealkylation sites (tertiary alicyclic amines) is 1. The summed E-state index contributed by atoms with van der Waals surface area (Å²) in [5, 5.41) is 0.837. The number of aromatic nitrogens is 2. The molecule has 0 N–H and O–H groups in total. The van der Waals surface area contributed by atoms with Crippen molar-refractivity contribution in [2.24, 2.45) is 0 Å². The summed E-state index contributed by atoms with van der Waals surface area (Å²) in [6.07, 6.45) is 7.06. The maximum atomic E-state index is 13.4. The van der Waals surface area contributed by atoms with E-state index in [9.17, 15) is 8.42 Å². The van der Waals surface area contributed by atoms with E-state index in [4.69, 9.17) is 4.74 Å². The van der Waals surface area contributed by atoms with E-state index in [1.807, 2.05) is 30.5 Å². The van der Waals surface area contributed by atoms with Crippen molar-refractivity contribution in [1.82, 2.24) is 19.2 Å². The van der Waals surface area contributed by atoms with Crippen LogP contribution in [0.4, 0.5) is 0 Å². The second-order valence-corrected chi connectivity index (χ2v) is 10.1. The van der Waals surface area contributed by atoms with Gasteiger partial charge in [0, 0.05) is 56.8 Å². The first-order valence-electron chi connectivity index (χ1n) is 10.6. The van der Waals surface area contributed by atoms with Gasteiger partial charge in [-0.05, 0) is 36.6 Å². The monoisotopic (exact) mass is 438 g/mol. The van der Waals surface area contributed by atoms with E-state index >= 15 is 0 Å². The van der Waals surface area contributed by atoms with Gasteiger partial charge >= 0.3 is 0 Å². The lowest BCUT2D eigenvalue weighted by molar-refractivity contribution is -0.114. The van der Waals surface area contributed by atoms with Crippen molar-refractivity contribution in [2.75, 3.05) is 26.7 Å². The lowest BCUT2D eigenvalue weighted by Crippen LogP contribution is -2.60. The van der Waals surface area contributed by atoms with Gasteiger partial charge in [0.15, 0.2) is 0 Å². The maximum Gasteiger partial charge on any atom is 0.245 e. The van der Waals surface area contributed by atoms with Crippen LogP contribution >= 0.6 is 0 Å². The summed E-state index contributed by atoms with van der Waals surface area (Å²) in [5.74, 6) is 0. The molecular formula is C23H26N4O3S. The summed E-state index contributed by atoms with van der Waals surface area (Å²) in [4.78, 5) is 11.3. The first kappa shape index (κ1) is 20.5. The lowest BCUT2D eigenvalue weighted by Gasteiger charge is -2.52. The number of hydrogen-bond acceptors (Lipinski definition) is 6. The van der Waals surface area contributed by atoms with Crippen LogP contribution < -0.4 is 0 Å². The SMILES string of the molecule is CO[C@H]1CN(C2CCN(S(=O)(=O)c3cccc4cccnc34)CC2)[C@H]1c1cccnc1. The molecule has 0 radical (unpaired) electrons. The summed E-state index contributed by atoms with van der Waals surface area (Å²) in [6.45, 7) is 1.87. The van der Waals surface area contributed by atoms with Gasteiger partial charge < -0.3 is 4.74 Å². The third kappa shape index (κ3) is 3.63. The van der Waals surface area contributed by atoms with Crippen molar-refractivity contribution in [2.45, 2.75) is 35.9 Å².